The SMILES string of the molecule is CCCc1cc(C(=O)N(C)Cc2cc(-c3ccccn3)no2)ccn1. The van der Waals surface area contributed by atoms with Crippen molar-refractivity contribution in [3.63, 3.8) is 0 Å². The van der Waals surface area contributed by atoms with Gasteiger partial charge in [-0.05, 0) is 30.7 Å². The fourth-order valence-electron chi connectivity index (χ4n) is 2.55. The molecular weight excluding hydrogens is 316 g/mol. The predicted octanol–water partition coefficient (Wildman–Crippen LogP) is 3.36. The Morgan fingerprint density at radius 3 is 2.76 bits per heavy atom. The van der Waals surface area contributed by atoms with Gasteiger partial charge in [0.1, 0.15) is 5.69 Å². The number of nitrogens with zero attached hydrogens (tertiary/aromatic N) is 4. The maximum atomic E-state index is 12.6. The lowest BCUT2D eigenvalue weighted by atomic mass is 10.1. The molecule has 0 N–H and O–H groups in total. The van der Waals surface area contributed by atoms with Gasteiger partial charge in [-0.15, -0.1) is 0 Å². The van der Waals surface area contributed by atoms with Crippen molar-refractivity contribution in [2.45, 2.75) is 26.3 Å². The second kappa shape index (κ2) is 7.70. The summed E-state index contributed by atoms with van der Waals surface area (Å²) < 4.78 is 5.34. The van der Waals surface area contributed by atoms with Crippen LogP contribution in [0.25, 0.3) is 11.4 Å². The second-order valence-corrected chi connectivity index (χ2v) is 5.84. The Morgan fingerprint density at radius 1 is 1.12 bits per heavy atom. The topological polar surface area (TPSA) is 72.1 Å². The highest BCUT2D eigenvalue weighted by atomic mass is 16.5. The minimum absolute atomic E-state index is 0.0736. The average Bonchev–Trinajstić information content (AvgIpc) is 3.11. The van der Waals surface area contributed by atoms with Gasteiger partial charge in [0.25, 0.3) is 5.91 Å². The van der Waals surface area contributed by atoms with Crippen molar-refractivity contribution in [3.05, 3.63) is 65.8 Å². The molecule has 0 saturated heterocycles. The number of carbonyl (C=O) groups is 1. The first-order chi connectivity index (χ1) is 12.2. The van der Waals surface area contributed by atoms with E-state index in [1.165, 1.54) is 0 Å². The molecule has 0 atom stereocenters. The van der Waals surface area contributed by atoms with Crippen LogP contribution in [-0.4, -0.2) is 33.0 Å². The van der Waals surface area contributed by atoms with Gasteiger partial charge in [0.05, 0.1) is 12.2 Å². The summed E-state index contributed by atoms with van der Waals surface area (Å²) >= 11 is 0. The van der Waals surface area contributed by atoms with Crippen molar-refractivity contribution in [1.82, 2.24) is 20.0 Å². The Bertz CT molecular complexity index is 845. The molecule has 0 bridgehead atoms. The Morgan fingerprint density at radius 2 is 2.00 bits per heavy atom. The first-order valence-corrected chi connectivity index (χ1v) is 8.24. The highest BCUT2D eigenvalue weighted by molar-refractivity contribution is 5.94. The van der Waals surface area contributed by atoms with Crippen LogP contribution in [0.1, 0.15) is 35.2 Å². The van der Waals surface area contributed by atoms with Crippen LogP contribution in [0, 0.1) is 0 Å². The van der Waals surface area contributed by atoms with Gasteiger partial charge in [0, 0.05) is 36.8 Å². The van der Waals surface area contributed by atoms with E-state index in [1.54, 1.807) is 36.5 Å². The standard InChI is InChI=1S/C19H20N4O2/c1-3-6-15-11-14(8-10-20-15)19(24)23(2)13-16-12-18(22-25-16)17-7-4-5-9-21-17/h4-5,7-12H,3,6,13H2,1-2H3. The zero-order chi connectivity index (χ0) is 17.6. The van der Waals surface area contributed by atoms with Crippen LogP contribution in [0.5, 0.6) is 0 Å². The van der Waals surface area contributed by atoms with E-state index in [4.69, 9.17) is 4.52 Å². The molecule has 25 heavy (non-hydrogen) atoms. The maximum Gasteiger partial charge on any atom is 0.254 e. The van der Waals surface area contributed by atoms with Gasteiger partial charge < -0.3 is 9.42 Å². The summed E-state index contributed by atoms with van der Waals surface area (Å²) in [4.78, 5) is 22.7. The highest BCUT2D eigenvalue weighted by Crippen LogP contribution is 2.17. The number of pyridine rings is 2. The average molecular weight is 336 g/mol. The van der Waals surface area contributed by atoms with E-state index in [2.05, 4.69) is 22.0 Å². The zero-order valence-corrected chi connectivity index (χ0v) is 14.3. The number of hydrogen-bond acceptors (Lipinski definition) is 5. The van der Waals surface area contributed by atoms with Crippen molar-refractivity contribution in [3.8, 4) is 11.4 Å². The van der Waals surface area contributed by atoms with E-state index in [0.717, 1.165) is 24.2 Å². The number of amides is 1. The first kappa shape index (κ1) is 16.8. The Balaban J connectivity index is 1.70. The summed E-state index contributed by atoms with van der Waals surface area (Å²) in [6, 6.07) is 11.0. The molecule has 3 heterocycles. The van der Waals surface area contributed by atoms with Gasteiger partial charge in [-0.25, -0.2) is 0 Å². The molecule has 3 aromatic rings. The molecule has 0 aliphatic rings. The molecule has 0 fully saturated rings. The van der Waals surface area contributed by atoms with E-state index < -0.39 is 0 Å². The molecule has 128 valence electrons. The predicted molar refractivity (Wildman–Crippen MR) is 93.8 cm³/mol. The van der Waals surface area contributed by atoms with E-state index in [1.807, 2.05) is 24.3 Å². The van der Waals surface area contributed by atoms with Gasteiger partial charge in [0.15, 0.2) is 5.76 Å². The fraction of sp³-hybridized carbons (Fsp3) is 0.263. The number of rotatable bonds is 6. The van der Waals surface area contributed by atoms with E-state index >= 15 is 0 Å². The maximum absolute atomic E-state index is 12.6. The number of carbonyl (C=O) groups excluding carboxylic acids is 1. The second-order valence-electron chi connectivity index (χ2n) is 5.84. The lowest BCUT2D eigenvalue weighted by Gasteiger charge is -2.15. The van der Waals surface area contributed by atoms with Crippen LogP contribution >= 0.6 is 0 Å². The molecule has 0 aromatic carbocycles. The molecule has 0 spiro atoms. The Labute approximate surface area is 146 Å². The van der Waals surface area contributed by atoms with Gasteiger partial charge in [-0.2, -0.15) is 0 Å². The van der Waals surface area contributed by atoms with Crippen LogP contribution in [0.15, 0.2) is 53.3 Å². The van der Waals surface area contributed by atoms with E-state index in [0.29, 0.717) is 23.6 Å². The minimum Gasteiger partial charge on any atom is -0.359 e. The molecule has 0 unspecified atom stereocenters. The van der Waals surface area contributed by atoms with Crippen molar-refractivity contribution in [2.75, 3.05) is 7.05 Å². The summed E-state index contributed by atoms with van der Waals surface area (Å²) in [5.41, 5.74) is 2.96. The number of aryl methyl sites for hydroxylation is 1. The fourth-order valence-corrected chi connectivity index (χ4v) is 2.55. The van der Waals surface area contributed by atoms with Crippen LogP contribution < -0.4 is 0 Å². The largest absolute Gasteiger partial charge is 0.359 e. The first-order valence-electron chi connectivity index (χ1n) is 8.24. The van der Waals surface area contributed by atoms with Gasteiger partial charge in [-0.1, -0.05) is 24.6 Å². The molecule has 1 amide bonds. The molecule has 3 rings (SSSR count). The summed E-state index contributed by atoms with van der Waals surface area (Å²) in [6.07, 6.45) is 5.24. The summed E-state index contributed by atoms with van der Waals surface area (Å²) in [5.74, 6) is 0.537. The smallest absolute Gasteiger partial charge is 0.254 e. The van der Waals surface area contributed by atoms with Crippen LogP contribution in [0.2, 0.25) is 0 Å². The number of hydrogen-bond donors (Lipinski definition) is 0. The molecule has 6 heteroatoms. The van der Waals surface area contributed by atoms with Crippen LogP contribution in [-0.2, 0) is 13.0 Å². The zero-order valence-electron chi connectivity index (χ0n) is 14.3. The molecule has 0 aliphatic carbocycles. The molecule has 0 aliphatic heterocycles. The monoisotopic (exact) mass is 336 g/mol. The molecule has 0 saturated carbocycles. The van der Waals surface area contributed by atoms with Crippen molar-refractivity contribution in [2.24, 2.45) is 0 Å². The highest BCUT2D eigenvalue weighted by Gasteiger charge is 2.16. The van der Waals surface area contributed by atoms with Gasteiger partial charge in [0.2, 0.25) is 0 Å². The van der Waals surface area contributed by atoms with Gasteiger partial charge in [-0.3, -0.25) is 14.8 Å². The van der Waals surface area contributed by atoms with E-state index in [9.17, 15) is 4.79 Å². The van der Waals surface area contributed by atoms with Crippen LogP contribution in [0.3, 0.4) is 0 Å². The third-order valence-electron chi connectivity index (χ3n) is 3.80. The van der Waals surface area contributed by atoms with Crippen molar-refractivity contribution in [1.29, 1.82) is 0 Å². The summed E-state index contributed by atoms with van der Waals surface area (Å²) in [5, 5.41) is 4.02. The van der Waals surface area contributed by atoms with E-state index in [-0.39, 0.29) is 5.91 Å². The molecular formula is C19H20N4O2. The number of aromatic nitrogens is 3. The van der Waals surface area contributed by atoms with Crippen LogP contribution in [0.4, 0.5) is 0 Å². The molecule has 3 aromatic heterocycles. The normalized spacial score (nSPS) is 10.6. The molecule has 6 nitrogen and oxygen atoms in total. The van der Waals surface area contributed by atoms with Crippen molar-refractivity contribution < 1.29 is 9.32 Å². The summed E-state index contributed by atoms with van der Waals surface area (Å²) in [7, 11) is 1.74. The third-order valence-corrected chi connectivity index (χ3v) is 3.80. The summed E-state index contributed by atoms with van der Waals surface area (Å²) in [6.45, 7) is 2.43. The van der Waals surface area contributed by atoms with Crippen molar-refractivity contribution >= 4 is 5.91 Å². The minimum atomic E-state index is -0.0736. The lowest BCUT2D eigenvalue weighted by Crippen LogP contribution is -2.26. The van der Waals surface area contributed by atoms with Gasteiger partial charge >= 0.3 is 0 Å². The molecule has 0 radical (unpaired) electrons. The Hall–Kier alpha value is -3.02. The lowest BCUT2D eigenvalue weighted by molar-refractivity contribution is 0.0772. The third kappa shape index (κ3) is 4.09. The Kier molecular flexibility index (Phi) is 5.18. The quantitative estimate of drug-likeness (QED) is 0.690.